The van der Waals surface area contributed by atoms with Crippen LogP contribution in [0.15, 0.2) is 113 Å². The number of rotatable bonds is 8. The first-order valence-corrected chi connectivity index (χ1v) is 18.1. The van der Waals surface area contributed by atoms with Gasteiger partial charge < -0.3 is 9.84 Å². The van der Waals surface area contributed by atoms with Crippen LogP contribution >= 0.6 is 27.5 Å². The van der Waals surface area contributed by atoms with Crippen molar-refractivity contribution in [2.24, 2.45) is 23.7 Å². The van der Waals surface area contributed by atoms with E-state index in [4.69, 9.17) is 16.3 Å². The number of para-hydroxylation sites is 1. The van der Waals surface area contributed by atoms with Crippen LogP contribution in [0.5, 0.6) is 5.75 Å². The van der Waals surface area contributed by atoms with Gasteiger partial charge in [0.25, 0.3) is 11.8 Å². The average Bonchev–Trinajstić information content (AvgIpc) is 3.53. The number of nitrogens with one attached hydrogen (secondary N) is 1. The molecule has 6 atom stereocenters. The van der Waals surface area contributed by atoms with E-state index in [1.807, 2.05) is 18.2 Å². The molecule has 0 aromatic heterocycles. The molecule has 12 heteroatoms. The minimum Gasteiger partial charge on any atom is -0.491 e. The summed E-state index contributed by atoms with van der Waals surface area (Å²) in [6.07, 6.45) is 2.33. The number of allylic oxidation sites excluding steroid dienone is 2. The fourth-order valence-corrected chi connectivity index (χ4v) is 9.24. The van der Waals surface area contributed by atoms with Gasteiger partial charge in [-0.15, -0.1) is 0 Å². The maximum absolute atomic E-state index is 15.3. The number of imide groups is 2. The van der Waals surface area contributed by atoms with Crippen molar-refractivity contribution in [3.8, 4) is 5.75 Å². The van der Waals surface area contributed by atoms with Crippen LogP contribution in [0.25, 0.3) is 0 Å². The van der Waals surface area contributed by atoms with Crippen LogP contribution in [0.3, 0.4) is 0 Å². The van der Waals surface area contributed by atoms with Gasteiger partial charge in [-0.2, -0.15) is 5.01 Å². The lowest BCUT2D eigenvalue weighted by Crippen LogP contribution is -2.53. The maximum Gasteiger partial charge on any atom is 0.260 e. The van der Waals surface area contributed by atoms with Gasteiger partial charge in [0.15, 0.2) is 0 Å². The van der Waals surface area contributed by atoms with Gasteiger partial charge >= 0.3 is 0 Å². The minimum atomic E-state index is -1.56. The molecule has 2 aliphatic carbocycles. The summed E-state index contributed by atoms with van der Waals surface area (Å²) in [6, 6.07) is 26.3. The number of hydrogen-bond acceptors (Lipinski definition) is 7. The summed E-state index contributed by atoms with van der Waals surface area (Å²) in [5.74, 6) is -5.66. The Balaban J connectivity index is 1.33. The number of nitrogens with zero attached hydrogens (tertiary/aromatic N) is 2. The average molecular weight is 785 g/mol. The van der Waals surface area contributed by atoms with Crippen LogP contribution in [-0.4, -0.2) is 47.0 Å². The van der Waals surface area contributed by atoms with Crippen LogP contribution in [0.1, 0.15) is 29.9 Å². The van der Waals surface area contributed by atoms with Gasteiger partial charge in [0.05, 0.1) is 41.2 Å². The summed E-state index contributed by atoms with van der Waals surface area (Å²) in [7, 11) is 0. The van der Waals surface area contributed by atoms with Gasteiger partial charge in [-0.05, 0) is 91.1 Å². The largest absolute Gasteiger partial charge is 0.491 e. The third-order valence-corrected chi connectivity index (χ3v) is 11.7. The SMILES string of the molecule is O=C1[C@@H]2C[C@@H]3C(=CC[C@@H]4C(=O)N(c5ccc(Br)cc5)C(=O)[C@@H]43)[C@H](c3ccccc3OCCO)[C@]2(c2ccc(Cl)cc2)C(=O)N1Nc1ccc(F)cc1. The zero-order valence-corrected chi connectivity index (χ0v) is 29.9. The van der Waals surface area contributed by atoms with Crippen molar-refractivity contribution in [3.63, 3.8) is 0 Å². The molecule has 2 N–H and O–H groups in total. The molecule has 9 nitrogen and oxygen atoms in total. The lowest BCUT2D eigenvalue weighted by Gasteiger charge is -2.50. The van der Waals surface area contributed by atoms with Crippen molar-refractivity contribution in [2.45, 2.75) is 24.2 Å². The van der Waals surface area contributed by atoms with Crippen molar-refractivity contribution in [2.75, 3.05) is 23.5 Å². The molecule has 3 fully saturated rings. The maximum atomic E-state index is 15.3. The molecule has 0 unspecified atom stereocenters. The Morgan fingerprint density at radius 3 is 2.31 bits per heavy atom. The number of carbonyl (C=O) groups is 4. The van der Waals surface area contributed by atoms with Gasteiger partial charge in [0.1, 0.15) is 18.2 Å². The number of aliphatic hydroxyl groups excluding tert-OH is 1. The number of amides is 4. The third kappa shape index (κ3) is 5.28. The number of benzene rings is 4. The Hall–Kier alpha value is -4.84. The lowest BCUT2D eigenvalue weighted by molar-refractivity contribution is -0.138. The summed E-state index contributed by atoms with van der Waals surface area (Å²) in [6.45, 7) is -0.275. The van der Waals surface area contributed by atoms with Gasteiger partial charge in [-0.1, -0.05) is 69.5 Å². The first-order chi connectivity index (χ1) is 25.1. The zero-order valence-electron chi connectivity index (χ0n) is 27.5. The summed E-state index contributed by atoms with van der Waals surface area (Å²) in [5.41, 5.74) is 4.08. The number of fused-ring (bicyclic) bond motifs is 4. The van der Waals surface area contributed by atoms with Gasteiger partial charge in [0.2, 0.25) is 11.8 Å². The Kier molecular flexibility index (Phi) is 8.76. The molecule has 4 amide bonds. The highest BCUT2D eigenvalue weighted by Gasteiger charge is 2.70. The Morgan fingerprint density at radius 2 is 1.60 bits per heavy atom. The molecule has 2 saturated heterocycles. The lowest BCUT2D eigenvalue weighted by atomic mass is 9.49. The standard InChI is InChI=1S/C40H32BrClFN3O6/c41-23-7-15-27(16-8-23)45-36(48)30-18-17-28-31(34(30)38(45)50)21-32-37(49)46(44-26-13-11-25(43)12-14-26)39(51)40(32,22-5-9-24(42)10-6-22)35(28)29-3-1-2-4-33(29)52-20-19-47/h1-17,30-32,34-35,44,47H,18-21H2/t30-,31+,32-,34-,35+,40+/m0/s1. The normalized spacial score (nSPS) is 26.5. The number of carbonyl (C=O) groups excluding carboxylic acids is 4. The summed E-state index contributed by atoms with van der Waals surface area (Å²) >= 11 is 9.80. The summed E-state index contributed by atoms with van der Waals surface area (Å²) in [4.78, 5) is 59.9. The second kappa shape index (κ2) is 13.3. The predicted octanol–water partition coefficient (Wildman–Crippen LogP) is 6.80. The third-order valence-electron chi connectivity index (χ3n) is 10.9. The zero-order chi connectivity index (χ0) is 36.3. The molecule has 1 saturated carbocycles. The van der Waals surface area contributed by atoms with Gasteiger partial charge in [-0.25, -0.2) is 4.39 Å². The van der Waals surface area contributed by atoms with Crippen molar-refractivity contribution in [1.29, 1.82) is 0 Å². The number of halogens is 3. The number of hydrazine groups is 1. The number of aliphatic hydroxyl groups is 1. The summed E-state index contributed by atoms with van der Waals surface area (Å²) in [5, 5.41) is 11.2. The highest BCUT2D eigenvalue weighted by Crippen LogP contribution is 2.65. The topological polar surface area (TPSA) is 116 Å². The minimum absolute atomic E-state index is 0.0193. The molecule has 0 spiro atoms. The molecule has 4 aromatic carbocycles. The molecule has 52 heavy (non-hydrogen) atoms. The van der Waals surface area contributed by atoms with Crippen molar-refractivity contribution in [3.05, 3.63) is 135 Å². The molecular formula is C40H32BrClFN3O6. The van der Waals surface area contributed by atoms with Gasteiger partial charge in [-0.3, -0.25) is 29.5 Å². The monoisotopic (exact) mass is 783 g/mol. The van der Waals surface area contributed by atoms with E-state index in [-0.39, 0.29) is 37.9 Å². The number of hydrogen-bond donors (Lipinski definition) is 2. The molecule has 4 aromatic rings. The van der Waals surface area contributed by atoms with E-state index < -0.39 is 52.6 Å². The Bertz CT molecular complexity index is 2130. The van der Waals surface area contributed by atoms with E-state index in [1.54, 1.807) is 60.7 Å². The molecule has 0 radical (unpaired) electrons. The van der Waals surface area contributed by atoms with Crippen molar-refractivity contribution in [1.82, 2.24) is 5.01 Å². The predicted molar refractivity (Wildman–Crippen MR) is 195 cm³/mol. The van der Waals surface area contributed by atoms with E-state index in [1.165, 1.54) is 29.2 Å². The van der Waals surface area contributed by atoms with E-state index in [9.17, 15) is 23.9 Å². The van der Waals surface area contributed by atoms with E-state index in [0.717, 1.165) is 15.1 Å². The quantitative estimate of drug-likeness (QED) is 0.149. The van der Waals surface area contributed by atoms with Crippen LogP contribution in [0.4, 0.5) is 15.8 Å². The van der Waals surface area contributed by atoms with Gasteiger partial charge in [0, 0.05) is 21.0 Å². The molecular weight excluding hydrogens is 753 g/mol. The fourth-order valence-electron chi connectivity index (χ4n) is 8.85. The van der Waals surface area contributed by atoms with Crippen LogP contribution in [0, 0.1) is 29.5 Å². The molecule has 2 heterocycles. The molecule has 8 rings (SSSR count). The number of anilines is 2. The van der Waals surface area contributed by atoms with Crippen LogP contribution < -0.4 is 15.1 Å². The molecule has 264 valence electrons. The Labute approximate surface area is 312 Å². The number of ether oxygens (including phenoxy) is 1. The van der Waals surface area contributed by atoms with E-state index >= 15 is 4.79 Å². The second-order valence-corrected chi connectivity index (χ2v) is 14.8. The molecule has 4 aliphatic rings. The van der Waals surface area contributed by atoms with Crippen LogP contribution in [0.2, 0.25) is 5.02 Å². The van der Waals surface area contributed by atoms with Crippen molar-refractivity contribution >= 4 is 62.5 Å². The smallest absolute Gasteiger partial charge is 0.260 e. The summed E-state index contributed by atoms with van der Waals surface area (Å²) < 4.78 is 20.8. The van der Waals surface area contributed by atoms with E-state index in [0.29, 0.717) is 33.3 Å². The highest BCUT2D eigenvalue weighted by molar-refractivity contribution is 9.10. The second-order valence-electron chi connectivity index (χ2n) is 13.5. The highest BCUT2D eigenvalue weighted by atomic mass is 79.9. The fraction of sp³-hybridized carbons (Fsp3) is 0.250. The Morgan fingerprint density at radius 1 is 0.885 bits per heavy atom. The van der Waals surface area contributed by atoms with Crippen molar-refractivity contribution < 1.29 is 33.4 Å². The molecule has 0 bridgehead atoms. The van der Waals surface area contributed by atoms with E-state index in [2.05, 4.69) is 21.4 Å². The molecule has 2 aliphatic heterocycles. The van der Waals surface area contributed by atoms with Crippen LogP contribution in [-0.2, 0) is 24.6 Å². The first kappa shape index (κ1) is 34.3. The first-order valence-electron chi connectivity index (χ1n) is 17.0.